The van der Waals surface area contributed by atoms with Crippen LogP contribution in [0.5, 0.6) is 0 Å². The standard InChI is InChI=1S/C18H28N4O3S/c1-3-19-17(22-10-8-18(13-22)9-11-25-14-18)20-12-15-6-4-5-7-16(15)21-26(2,23)24/h4-7,21H,3,8-14H2,1-2H3,(H,19,20). The second kappa shape index (κ2) is 7.84. The maximum absolute atomic E-state index is 11.6. The lowest BCUT2D eigenvalue weighted by molar-refractivity contribution is 0.156. The van der Waals surface area contributed by atoms with Crippen LogP contribution in [0.25, 0.3) is 0 Å². The van der Waals surface area contributed by atoms with Crippen molar-refractivity contribution in [1.82, 2.24) is 10.2 Å². The number of nitrogens with zero attached hydrogens (tertiary/aromatic N) is 2. The molecular weight excluding hydrogens is 352 g/mol. The van der Waals surface area contributed by atoms with E-state index in [0.29, 0.717) is 12.2 Å². The van der Waals surface area contributed by atoms with Gasteiger partial charge in [-0.2, -0.15) is 0 Å². The number of nitrogens with one attached hydrogen (secondary N) is 2. The molecule has 0 saturated carbocycles. The van der Waals surface area contributed by atoms with Crippen LogP contribution in [-0.4, -0.2) is 58.4 Å². The highest BCUT2D eigenvalue weighted by molar-refractivity contribution is 7.92. The summed E-state index contributed by atoms with van der Waals surface area (Å²) in [4.78, 5) is 7.06. The zero-order valence-corrected chi connectivity index (χ0v) is 16.3. The highest BCUT2D eigenvalue weighted by Gasteiger charge is 2.42. The molecule has 1 unspecified atom stereocenters. The smallest absolute Gasteiger partial charge is 0.229 e. The number of sulfonamides is 1. The van der Waals surface area contributed by atoms with Gasteiger partial charge in [0.05, 0.1) is 25.1 Å². The topological polar surface area (TPSA) is 83.0 Å². The van der Waals surface area contributed by atoms with Crippen LogP contribution in [0.4, 0.5) is 5.69 Å². The van der Waals surface area contributed by atoms with Gasteiger partial charge in [0.15, 0.2) is 5.96 Å². The van der Waals surface area contributed by atoms with E-state index in [-0.39, 0.29) is 5.41 Å². The van der Waals surface area contributed by atoms with Crippen molar-refractivity contribution in [2.45, 2.75) is 26.3 Å². The van der Waals surface area contributed by atoms with E-state index < -0.39 is 10.0 Å². The molecule has 2 saturated heterocycles. The van der Waals surface area contributed by atoms with Gasteiger partial charge in [0.2, 0.25) is 10.0 Å². The number of rotatable bonds is 5. The van der Waals surface area contributed by atoms with Crippen LogP contribution in [0.3, 0.4) is 0 Å². The van der Waals surface area contributed by atoms with Gasteiger partial charge in [0.1, 0.15) is 0 Å². The van der Waals surface area contributed by atoms with Crippen molar-refractivity contribution in [3.8, 4) is 0 Å². The van der Waals surface area contributed by atoms with Crippen LogP contribution >= 0.6 is 0 Å². The van der Waals surface area contributed by atoms with Crippen molar-refractivity contribution < 1.29 is 13.2 Å². The Balaban J connectivity index is 1.74. The number of aliphatic imine (C=N–C) groups is 1. The second-order valence-electron chi connectivity index (χ2n) is 7.18. The van der Waals surface area contributed by atoms with Crippen molar-refractivity contribution in [3.63, 3.8) is 0 Å². The molecule has 1 aromatic rings. The quantitative estimate of drug-likeness (QED) is 0.599. The SMILES string of the molecule is CCNC(=NCc1ccccc1NS(C)(=O)=O)N1CCC2(CCOC2)C1. The van der Waals surface area contributed by atoms with Gasteiger partial charge in [-0.1, -0.05) is 18.2 Å². The van der Waals surface area contributed by atoms with Crippen LogP contribution < -0.4 is 10.0 Å². The van der Waals surface area contributed by atoms with Crippen LogP contribution in [0.2, 0.25) is 0 Å². The first kappa shape index (κ1) is 19.0. The van der Waals surface area contributed by atoms with Crippen LogP contribution in [0.15, 0.2) is 29.3 Å². The molecular formula is C18H28N4O3S. The molecule has 1 aromatic carbocycles. The predicted molar refractivity (Wildman–Crippen MR) is 104 cm³/mol. The van der Waals surface area contributed by atoms with Crippen molar-refractivity contribution in [2.75, 3.05) is 43.8 Å². The Morgan fingerprint density at radius 2 is 2.15 bits per heavy atom. The molecule has 26 heavy (non-hydrogen) atoms. The van der Waals surface area contributed by atoms with E-state index in [1.807, 2.05) is 18.2 Å². The van der Waals surface area contributed by atoms with Crippen molar-refractivity contribution in [2.24, 2.45) is 10.4 Å². The zero-order chi connectivity index (χ0) is 18.6. The first-order valence-electron chi connectivity index (χ1n) is 9.07. The van der Waals surface area contributed by atoms with E-state index in [4.69, 9.17) is 9.73 Å². The minimum Gasteiger partial charge on any atom is -0.381 e. The van der Waals surface area contributed by atoms with E-state index >= 15 is 0 Å². The van der Waals surface area contributed by atoms with Crippen molar-refractivity contribution in [1.29, 1.82) is 0 Å². The Bertz CT molecular complexity index is 757. The van der Waals surface area contributed by atoms with Gasteiger partial charge >= 0.3 is 0 Å². The zero-order valence-electron chi connectivity index (χ0n) is 15.5. The fraction of sp³-hybridized carbons (Fsp3) is 0.611. The van der Waals surface area contributed by atoms with Gasteiger partial charge in [-0.15, -0.1) is 0 Å². The van der Waals surface area contributed by atoms with Crippen molar-refractivity contribution in [3.05, 3.63) is 29.8 Å². The summed E-state index contributed by atoms with van der Waals surface area (Å²) in [6, 6.07) is 7.37. The highest BCUT2D eigenvalue weighted by atomic mass is 32.2. The summed E-state index contributed by atoms with van der Waals surface area (Å²) in [7, 11) is -3.32. The minimum absolute atomic E-state index is 0.270. The summed E-state index contributed by atoms with van der Waals surface area (Å²) >= 11 is 0. The average Bonchev–Trinajstić information content (AvgIpc) is 3.22. The summed E-state index contributed by atoms with van der Waals surface area (Å²) in [6.45, 7) is 6.89. The molecule has 2 aliphatic rings. The Hall–Kier alpha value is -1.80. The Kier molecular flexibility index (Phi) is 5.72. The molecule has 1 atom stereocenters. The maximum Gasteiger partial charge on any atom is 0.229 e. The molecule has 0 amide bonds. The first-order chi connectivity index (χ1) is 12.4. The van der Waals surface area contributed by atoms with E-state index in [2.05, 4.69) is 21.9 Å². The molecule has 2 aliphatic heterocycles. The normalized spacial score (nSPS) is 23.6. The largest absolute Gasteiger partial charge is 0.381 e. The third-order valence-electron chi connectivity index (χ3n) is 4.97. The molecule has 144 valence electrons. The highest BCUT2D eigenvalue weighted by Crippen LogP contribution is 2.38. The van der Waals surface area contributed by atoms with E-state index in [1.54, 1.807) is 6.07 Å². The Labute approximate surface area is 155 Å². The lowest BCUT2D eigenvalue weighted by Crippen LogP contribution is -2.41. The Morgan fingerprint density at radius 1 is 1.35 bits per heavy atom. The number of likely N-dealkylation sites (tertiary alicyclic amines) is 1. The third-order valence-corrected chi connectivity index (χ3v) is 5.56. The van der Waals surface area contributed by atoms with Gasteiger partial charge in [-0.25, -0.2) is 13.4 Å². The minimum atomic E-state index is -3.32. The van der Waals surface area contributed by atoms with Gasteiger partial charge in [0, 0.05) is 31.7 Å². The lowest BCUT2D eigenvalue weighted by atomic mass is 9.87. The number of hydrogen-bond donors (Lipinski definition) is 2. The molecule has 8 heteroatoms. The summed E-state index contributed by atoms with van der Waals surface area (Å²) in [5.41, 5.74) is 1.70. The molecule has 2 heterocycles. The van der Waals surface area contributed by atoms with E-state index in [9.17, 15) is 8.42 Å². The fourth-order valence-electron chi connectivity index (χ4n) is 3.63. The molecule has 3 rings (SSSR count). The number of anilines is 1. The summed E-state index contributed by atoms with van der Waals surface area (Å²) in [6.07, 6.45) is 3.40. The fourth-order valence-corrected chi connectivity index (χ4v) is 4.23. The molecule has 2 N–H and O–H groups in total. The number of hydrogen-bond acceptors (Lipinski definition) is 4. The monoisotopic (exact) mass is 380 g/mol. The molecule has 7 nitrogen and oxygen atoms in total. The third kappa shape index (κ3) is 4.67. The second-order valence-corrected chi connectivity index (χ2v) is 8.92. The predicted octanol–water partition coefficient (Wildman–Crippen LogP) is 1.64. The number of guanidine groups is 1. The molecule has 0 radical (unpaired) electrons. The molecule has 0 bridgehead atoms. The average molecular weight is 381 g/mol. The summed E-state index contributed by atoms with van der Waals surface area (Å²) < 4.78 is 31.3. The number of benzene rings is 1. The lowest BCUT2D eigenvalue weighted by Gasteiger charge is -2.25. The molecule has 1 spiro atoms. The van der Waals surface area contributed by atoms with Gasteiger partial charge in [0.25, 0.3) is 0 Å². The molecule has 0 aromatic heterocycles. The van der Waals surface area contributed by atoms with Gasteiger partial charge < -0.3 is 15.0 Å². The number of ether oxygens (including phenoxy) is 1. The van der Waals surface area contributed by atoms with Gasteiger partial charge in [-0.05, 0) is 31.4 Å². The molecule has 0 aliphatic carbocycles. The van der Waals surface area contributed by atoms with Crippen LogP contribution in [0.1, 0.15) is 25.3 Å². The first-order valence-corrected chi connectivity index (χ1v) is 11.0. The summed E-state index contributed by atoms with van der Waals surface area (Å²) in [5.74, 6) is 0.880. The summed E-state index contributed by atoms with van der Waals surface area (Å²) in [5, 5.41) is 3.37. The van der Waals surface area contributed by atoms with Crippen LogP contribution in [0, 0.1) is 5.41 Å². The van der Waals surface area contributed by atoms with Crippen molar-refractivity contribution >= 4 is 21.7 Å². The van der Waals surface area contributed by atoms with E-state index in [0.717, 1.165) is 63.5 Å². The van der Waals surface area contributed by atoms with E-state index in [1.165, 1.54) is 0 Å². The number of para-hydroxylation sites is 1. The maximum atomic E-state index is 11.6. The Morgan fingerprint density at radius 3 is 2.85 bits per heavy atom. The van der Waals surface area contributed by atoms with Crippen LogP contribution in [-0.2, 0) is 21.3 Å². The van der Waals surface area contributed by atoms with Gasteiger partial charge in [-0.3, -0.25) is 4.72 Å². The molecule has 2 fully saturated rings.